The van der Waals surface area contributed by atoms with E-state index in [0.717, 1.165) is 6.42 Å². The van der Waals surface area contributed by atoms with Crippen LogP contribution in [0, 0.1) is 5.41 Å². The summed E-state index contributed by atoms with van der Waals surface area (Å²) in [5.41, 5.74) is -0.0890. The molecule has 1 aliphatic carbocycles. The number of anilines is 1. The van der Waals surface area contributed by atoms with Crippen molar-refractivity contribution in [2.75, 3.05) is 18.4 Å². The average molecular weight is 332 g/mol. The molecule has 0 spiro atoms. The zero-order valence-electron chi connectivity index (χ0n) is 14.2. The smallest absolute Gasteiger partial charge is 0.310 e. The van der Waals surface area contributed by atoms with Crippen LogP contribution in [-0.4, -0.2) is 40.9 Å². The van der Waals surface area contributed by atoms with Crippen LogP contribution in [-0.2, 0) is 9.59 Å². The molecular weight excluding hydrogens is 308 g/mol. The van der Waals surface area contributed by atoms with Crippen LogP contribution in [0.2, 0.25) is 0 Å². The monoisotopic (exact) mass is 332 g/mol. The number of hydrogen-bond donors (Lipinski definition) is 2. The van der Waals surface area contributed by atoms with E-state index in [4.69, 9.17) is 0 Å². The maximum Gasteiger partial charge on any atom is 0.310 e. The Hall–Kier alpha value is -2.37. The maximum atomic E-state index is 12.6. The Kier molecular flexibility index (Phi) is 5.59. The van der Waals surface area contributed by atoms with Crippen LogP contribution in [0.5, 0.6) is 0 Å². The number of carbonyl (C=O) groups excluding carboxylic acids is 2. The zero-order valence-corrected chi connectivity index (χ0v) is 14.2. The summed E-state index contributed by atoms with van der Waals surface area (Å²) in [5, 5.41) is 12.1. The molecular formula is C18H24N2O4. The summed E-state index contributed by atoms with van der Waals surface area (Å²) in [4.78, 5) is 37.9. The highest BCUT2D eigenvalue weighted by molar-refractivity contribution is 6.04. The topological polar surface area (TPSA) is 86.7 Å². The van der Waals surface area contributed by atoms with Crippen molar-refractivity contribution in [3.63, 3.8) is 0 Å². The maximum absolute atomic E-state index is 12.6. The molecule has 0 saturated heterocycles. The Morgan fingerprint density at radius 2 is 1.79 bits per heavy atom. The summed E-state index contributed by atoms with van der Waals surface area (Å²) in [5.74, 6) is -1.43. The Morgan fingerprint density at radius 3 is 2.29 bits per heavy atom. The highest BCUT2D eigenvalue weighted by Gasteiger charge is 2.45. The molecule has 6 nitrogen and oxygen atoms in total. The van der Waals surface area contributed by atoms with Crippen molar-refractivity contribution >= 4 is 23.5 Å². The van der Waals surface area contributed by atoms with Gasteiger partial charge in [-0.1, -0.05) is 18.6 Å². The second-order valence-corrected chi connectivity index (χ2v) is 6.19. The van der Waals surface area contributed by atoms with Crippen LogP contribution in [0.25, 0.3) is 0 Å². The van der Waals surface area contributed by atoms with Crippen LogP contribution in [0.4, 0.5) is 5.69 Å². The lowest BCUT2D eigenvalue weighted by atomic mass is 9.66. The molecule has 24 heavy (non-hydrogen) atoms. The van der Waals surface area contributed by atoms with E-state index in [1.807, 2.05) is 13.8 Å². The Labute approximate surface area is 141 Å². The first-order valence-electron chi connectivity index (χ1n) is 8.35. The number of amides is 2. The highest BCUT2D eigenvalue weighted by Crippen LogP contribution is 2.44. The molecule has 0 unspecified atom stereocenters. The SMILES string of the molecule is CCN(CC)C(=O)c1ccccc1NC(=O)CC1(C(=O)O)CCC1. The minimum atomic E-state index is -0.943. The standard InChI is InChI=1S/C18H24N2O4/c1-3-20(4-2)16(22)13-8-5-6-9-14(13)19-15(21)12-18(17(23)24)10-7-11-18/h5-6,8-9H,3-4,7,10-12H2,1-2H3,(H,19,21)(H,23,24). The summed E-state index contributed by atoms with van der Waals surface area (Å²) in [7, 11) is 0. The third-order valence-electron chi connectivity index (χ3n) is 4.75. The summed E-state index contributed by atoms with van der Waals surface area (Å²) < 4.78 is 0. The lowest BCUT2D eigenvalue weighted by Crippen LogP contribution is -2.41. The zero-order chi connectivity index (χ0) is 17.7. The van der Waals surface area contributed by atoms with Gasteiger partial charge in [0.2, 0.25) is 5.91 Å². The normalized spacial score (nSPS) is 15.2. The van der Waals surface area contributed by atoms with Gasteiger partial charge in [-0.25, -0.2) is 0 Å². The average Bonchev–Trinajstić information content (AvgIpc) is 2.52. The minimum Gasteiger partial charge on any atom is -0.481 e. The van der Waals surface area contributed by atoms with Crippen molar-refractivity contribution in [3.8, 4) is 0 Å². The van der Waals surface area contributed by atoms with E-state index in [2.05, 4.69) is 5.32 Å². The molecule has 2 N–H and O–H groups in total. The number of carbonyl (C=O) groups is 3. The largest absolute Gasteiger partial charge is 0.481 e. The molecule has 130 valence electrons. The molecule has 0 radical (unpaired) electrons. The second kappa shape index (κ2) is 7.47. The summed E-state index contributed by atoms with van der Waals surface area (Å²) in [6.45, 7) is 4.96. The number of carboxylic acids is 1. The van der Waals surface area contributed by atoms with Crippen LogP contribution in [0.15, 0.2) is 24.3 Å². The van der Waals surface area contributed by atoms with Crippen molar-refractivity contribution in [1.29, 1.82) is 0 Å². The molecule has 0 aliphatic heterocycles. The number of nitrogens with one attached hydrogen (secondary N) is 1. The predicted molar refractivity (Wildman–Crippen MR) is 90.9 cm³/mol. The van der Waals surface area contributed by atoms with Crippen LogP contribution < -0.4 is 5.32 Å². The van der Waals surface area contributed by atoms with Crippen molar-refractivity contribution in [3.05, 3.63) is 29.8 Å². The van der Waals surface area contributed by atoms with Gasteiger partial charge < -0.3 is 15.3 Å². The van der Waals surface area contributed by atoms with E-state index in [9.17, 15) is 19.5 Å². The van der Waals surface area contributed by atoms with Gasteiger partial charge in [-0.05, 0) is 38.8 Å². The summed E-state index contributed by atoms with van der Waals surface area (Å²) in [6.07, 6.45) is 1.82. The number of benzene rings is 1. The molecule has 1 saturated carbocycles. The van der Waals surface area contributed by atoms with Crippen molar-refractivity contribution in [1.82, 2.24) is 4.90 Å². The quantitative estimate of drug-likeness (QED) is 0.804. The van der Waals surface area contributed by atoms with Crippen LogP contribution in [0.1, 0.15) is 49.9 Å². The molecule has 0 bridgehead atoms. The molecule has 0 heterocycles. The second-order valence-electron chi connectivity index (χ2n) is 6.19. The van der Waals surface area contributed by atoms with Gasteiger partial charge in [-0.2, -0.15) is 0 Å². The Bertz CT molecular complexity index is 634. The first-order chi connectivity index (χ1) is 11.4. The van der Waals surface area contributed by atoms with E-state index in [1.54, 1.807) is 29.2 Å². The number of carboxylic acid groups (broad SMARTS) is 1. The molecule has 1 aromatic carbocycles. The van der Waals surface area contributed by atoms with Gasteiger partial charge in [-0.3, -0.25) is 14.4 Å². The van der Waals surface area contributed by atoms with Gasteiger partial charge in [0.15, 0.2) is 0 Å². The Balaban J connectivity index is 2.14. The lowest BCUT2D eigenvalue weighted by molar-refractivity contribution is -0.157. The number of para-hydroxylation sites is 1. The van der Waals surface area contributed by atoms with Crippen LogP contribution >= 0.6 is 0 Å². The van der Waals surface area contributed by atoms with Gasteiger partial charge in [-0.15, -0.1) is 0 Å². The minimum absolute atomic E-state index is 0.0594. The fraction of sp³-hybridized carbons (Fsp3) is 0.500. The fourth-order valence-corrected chi connectivity index (χ4v) is 3.03. The number of nitrogens with zero attached hydrogens (tertiary/aromatic N) is 1. The summed E-state index contributed by atoms with van der Waals surface area (Å²) in [6, 6.07) is 6.83. The third kappa shape index (κ3) is 3.58. The van der Waals surface area contributed by atoms with E-state index < -0.39 is 11.4 Å². The fourth-order valence-electron chi connectivity index (χ4n) is 3.03. The van der Waals surface area contributed by atoms with Crippen LogP contribution in [0.3, 0.4) is 0 Å². The number of rotatable bonds is 7. The third-order valence-corrected chi connectivity index (χ3v) is 4.75. The molecule has 1 aliphatic rings. The first-order valence-corrected chi connectivity index (χ1v) is 8.35. The van der Waals surface area contributed by atoms with Crippen molar-refractivity contribution in [2.45, 2.75) is 39.5 Å². The lowest BCUT2D eigenvalue weighted by Gasteiger charge is -2.37. The summed E-state index contributed by atoms with van der Waals surface area (Å²) >= 11 is 0. The van der Waals surface area contributed by atoms with E-state index in [-0.39, 0.29) is 18.2 Å². The van der Waals surface area contributed by atoms with Crippen molar-refractivity contribution in [2.24, 2.45) is 5.41 Å². The van der Waals surface area contributed by atoms with E-state index >= 15 is 0 Å². The molecule has 0 aromatic heterocycles. The Morgan fingerprint density at radius 1 is 1.17 bits per heavy atom. The number of aliphatic carboxylic acids is 1. The van der Waals surface area contributed by atoms with E-state index in [0.29, 0.717) is 37.2 Å². The molecule has 0 atom stereocenters. The molecule has 1 fully saturated rings. The van der Waals surface area contributed by atoms with Gasteiger partial charge in [0.1, 0.15) is 0 Å². The molecule has 2 amide bonds. The number of hydrogen-bond acceptors (Lipinski definition) is 3. The predicted octanol–water partition coefficient (Wildman–Crippen LogP) is 2.75. The molecule has 2 rings (SSSR count). The van der Waals surface area contributed by atoms with Gasteiger partial charge in [0.05, 0.1) is 16.7 Å². The molecule has 1 aromatic rings. The van der Waals surface area contributed by atoms with Gasteiger partial charge >= 0.3 is 5.97 Å². The first kappa shape index (κ1) is 18.0. The van der Waals surface area contributed by atoms with Gasteiger partial charge in [0.25, 0.3) is 5.91 Å². The molecule has 6 heteroatoms. The van der Waals surface area contributed by atoms with Crippen molar-refractivity contribution < 1.29 is 19.5 Å². The van der Waals surface area contributed by atoms with E-state index in [1.165, 1.54) is 0 Å². The highest BCUT2D eigenvalue weighted by atomic mass is 16.4. The van der Waals surface area contributed by atoms with Gasteiger partial charge in [0, 0.05) is 19.5 Å².